The third kappa shape index (κ3) is 5.39. The number of ether oxygens (including phenoxy) is 2. The Morgan fingerprint density at radius 3 is 2.39 bits per heavy atom. The van der Waals surface area contributed by atoms with Crippen LogP contribution < -0.4 is 14.8 Å². The standard InChI is InChI=1S/C31H41N3O4/c1-3-37-26-20-22-14-19-34-29(25(22)21-27(26)38-4-2)28(23-12-7-8-13-24(23)31(34)36)30(35)32-15-11-18-33-16-9-5-6-10-17-33/h7-8,12-13,20-21,28-29H,3-6,9-11,14-19H2,1-2H3,(H,32,35)/t28-,29-/m0/s1. The number of hydrogen-bond donors (Lipinski definition) is 1. The van der Waals surface area contributed by atoms with Crippen LogP contribution in [0.15, 0.2) is 36.4 Å². The van der Waals surface area contributed by atoms with Crippen LogP contribution in [0.5, 0.6) is 11.5 Å². The summed E-state index contributed by atoms with van der Waals surface area (Å²) in [6.45, 7) is 9.50. The lowest BCUT2D eigenvalue weighted by Crippen LogP contribution is -2.50. The van der Waals surface area contributed by atoms with Crippen molar-refractivity contribution in [1.82, 2.24) is 15.1 Å². The molecular weight excluding hydrogens is 478 g/mol. The Labute approximate surface area is 226 Å². The average Bonchev–Trinajstić information content (AvgIpc) is 3.21. The molecule has 38 heavy (non-hydrogen) atoms. The number of carbonyl (C=O) groups is 2. The fourth-order valence-electron chi connectivity index (χ4n) is 6.34. The summed E-state index contributed by atoms with van der Waals surface area (Å²) in [7, 11) is 0. The van der Waals surface area contributed by atoms with Crippen LogP contribution in [0.1, 0.15) is 85.0 Å². The summed E-state index contributed by atoms with van der Waals surface area (Å²) in [5.74, 6) is 0.883. The minimum atomic E-state index is -0.478. The molecule has 2 aromatic rings. The first-order chi connectivity index (χ1) is 18.6. The summed E-state index contributed by atoms with van der Waals surface area (Å²) < 4.78 is 11.8. The van der Waals surface area contributed by atoms with Gasteiger partial charge in [-0.15, -0.1) is 0 Å². The van der Waals surface area contributed by atoms with Gasteiger partial charge in [0.15, 0.2) is 11.5 Å². The molecule has 0 spiro atoms. The zero-order valence-corrected chi connectivity index (χ0v) is 22.8. The van der Waals surface area contributed by atoms with Crippen molar-refractivity contribution >= 4 is 11.8 Å². The Bertz CT molecular complexity index is 1140. The second kappa shape index (κ2) is 12.2. The predicted molar refractivity (Wildman–Crippen MR) is 148 cm³/mol. The molecular formula is C31H41N3O4. The van der Waals surface area contributed by atoms with E-state index in [2.05, 4.69) is 10.2 Å². The van der Waals surface area contributed by atoms with Crippen molar-refractivity contribution in [1.29, 1.82) is 0 Å². The molecule has 1 N–H and O–H groups in total. The molecule has 0 aliphatic carbocycles. The Kier molecular flexibility index (Phi) is 8.52. The van der Waals surface area contributed by atoms with Crippen LogP contribution in [-0.4, -0.2) is 67.6 Å². The van der Waals surface area contributed by atoms with E-state index in [1.807, 2.05) is 55.1 Å². The number of fused-ring (bicyclic) bond motifs is 4. The highest BCUT2D eigenvalue weighted by molar-refractivity contribution is 6.01. The monoisotopic (exact) mass is 519 g/mol. The van der Waals surface area contributed by atoms with Gasteiger partial charge in [0.2, 0.25) is 5.91 Å². The Morgan fingerprint density at radius 2 is 1.66 bits per heavy atom. The van der Waals surface area contributed by atoms with Crippen LogP contribution in [0.4, 0.5) is 0 Å². The van der Waals surface area contributed by atoms with Crippen LogP contribution in [0.25, 0.3) is 0 Å². The number of rotatable bonds is 9. The second-order valence-corrected chi connectivity index (χ2v) is 10.5. The van der Waals surface area contributed by atoms with E-state index in [1.54, 1.807) is 0 Å². The molecule has 0 saturated carbocycles. The molecule has 2 aromatic carbocycles. The van der Waals surface area contributed by atoms with Gasteiger partial charge in [-0.05, 0) is 94.1 Å². The Balaban J connectivity index is 1.42. The van der Waals surface area contributed by atoms with Crippen molar-refractivity contribution in [3.05, 3.63) is 58.7 Å². The Hall–Kier alpha value is -3.06. The fraction of sp³-hybridized carbons (Fsp3) is 0.548. The van der Waals surface area contributed by atoms with E-state index in [0.29, 0.717) is 37.6 Å². The van der Waals surface area contributed by atoms with Gasteiger partial charge in [-0.2, -0.15) is 0 Å². The molecule has 3 aliphatic heterocycles. The van der Waals surface area contributed by atoms with Crippen LogP contribution >= 0.6 is 0 Å². The van der Waals surface area contributed by atoms with E-state index in [0.717, 1.165) is 54.9 Å². The minimum absolute atomic E-state index is 0.00620. The van der Waals surface area contributed by atoms with E-state index >= 15 is 0 Å². The molecule has 2 atom stereocenters. The maximum Gasteiger partial charge on any atom is 0.254 e. The van der Waals surface area contributed by atoms with Gasteiger partial charge in [0.25, 0.3) is 5.91 Å². The predicted octanol–water partition coefficient (Wildman–Crippen LogP) is 4.70. The van der Waals surface area contributed by atoms with Crippen molar-refractivity contribution in [2.24, 2.45) is 0 Å². The van der Waals surface area contributed by atoms with Gasteiger partial charge in [-0.3, -0.25) is 9.59 Å². The molecule has 0 aromatic heterocycles. The topological polar surface area (TPSA) is 71.1 Å². The van der Waals surface area contributed by atoms with Crippen LogP contribution in [0.3, 0.4) is 0 Å². The first-order valence-electron chi connectivity index (χ1n) is 14.4. The number of nitrogens with zero attached hydrogens (tertiary/aromatic N) is 2. The lowest BCUT2D eigenvalue weighted by atomic mass is 9.75. The molecule has 3 heterocycles. The van der Waals surface area contributed by atoms with Gasteiger partial charge in [0.1, 0.15) is 0 Å². The summed E-state index contributed by atoms with van der Waals surface area (Å²) in [6.07, 6.45) is 6.83. The van der Waals surface area contributed by atoms with E-state index in [9.17, 15) is 9.59 Å². The highest BCUT2D eigenvalue weighted by Crippen LogP contribution is 2.48. The molecule has 5 rings (SSSR count). The van der Waals surface area contributed by atoms with Crippen molar-refractivity contribution in [3.8, 4) is 11.5 Å². The van der Waals surface area contributed by atoms with Gasteiger partial charge in [-0.1, -0.05) is 31.0 Å². The normalized spacial score (nSPS) is 21.1. The second-order valence-electron chi connectivity index (χ2n) is 10.5. The maximum absolute atomic E-state index is 13.9. The van der Waals surface area contributed by atoms with Gasteiger partial charge < -0.3 is 24.6 Å². The number of hydrogen-bond acceptors (Lipinski definition) is 5. The van der Waals surface area contributed by atoms with Gasteiger partial charge in [-0.25, -0.2) is 0 Å². The lowest BCUT2D eigenvalue weighted by molar-refractivity contribution is -0.124. The molecule has 2 amide bonds. The summed E-state index contributed by atoms with van der Waals surface area (Å²) in [5, 5.41) is 3.24. The molecule has 3 aliphatic rings. The average molecular weight is 520 g/mol. The highest BCUT2D eigenvalue weighted by atomic mass is 16.5. The third-order valence-electron chi connectivity index (χ3n) is 8.12. The molecule has 204 valence electrons. The van der Waals surface area contributed by atoms with E-state index in [1.165, 1.54) is 25.7 Å². The molecule has 0 bridgehead atoms. The summed E-state index contributed by atoms with van der Waals surface area (Å²) in [6, 6.07) is 11.3. The Morgan fingerprint density at radius 1 is 0.947 bits per heavy atom. The van der Waals surface area contributed by atoms with Crippen LogP contribution in [0.2, 0.25) is 0 Å². The maximum atomic E-state index is 13.9. The van der Waals surface area contributed by atoms with Gasteiger partial charge in [0.05, 0.1) is 25.2 Å². The number of nitrogens with one attached hydrogen (secondary N) is 1. The van der Waals surface area contributed by atoms with Crippen molar-refractivity contribution < 1.29 is 19.1 Å². The largest absolute Gasteiger partial charge is 0.490 e. The highest BCUT2D eigenvalue weighted by Gasteiger charge is 2.46. The number of benzene rings is 2. The smallest absolute Gasteiger partial charge is 0.254 e. The van der Waals surface area contributed by atoms with E-state index < -0.39 is 5.92 Å². The summed E-state index contributed by atoms with van der Waals surface area (Å²) in [4.78, 5) is 31.9. The minimum Gasteiger partial charge on any atom is -0.490 e. The lowest BCUT2D eigenvalue weighted by Gasteiger charge is -2.45. The zero-order chi connectivity index (χ0) is 26.5. The quantitative estimate of drug-likeness (QED) is 0.486. The number of carbonyl (C=O) groups excluding carboxylic acids is 2. The summed E-state index contributed by atoms with van der Waals surface area (Å²) in [5.41, 5.74) is 3.54. The molecule has 0 radical (unpaired) electrons. The zero-order valence-electron chi connectivity index (χ0n) is 22.8. The molecule has 7 heteroatoms. The third-order valence-corrected chi connectivity index (χ3v) is 8.12. The first-order valence-corrected chi connectivity index (χ1v) is 14.4. The van der Waals surface area contributed by atoms with Crippen molar-refractivity contribution in [3.63, 3.8) is 0 Å². The van der Waals surface area contributed by atoms with E-state index in [-0.39, 0.29) is 17.9 Å². The van der Waals surface area contributed by atoms with E-state index in [4.69, 9.17) is 9.47 Å². The fourth-order valence-corrected chi connectivity index (χ4v) is 6.34. The van der Waals surface area contributed by atoms with Gasteiger partial charge >= 0.3 is 0 Å². The van der Waals surface area contributed by atoms with Crippen molar-refractivity contribution in [2.45, 2.75) is 64.3 Å². The first kappa shape index (κ1) is 26.5. The van der Waals surface area contributed by atoms with Crippen LogP contribution in [-0.2, 0) is 11.2 Å². The number of amides is 2. The molecule has 1 fully saturated rings. The summed E-state index contributed by atoms with van der Waals surface area (Å²) >= 11 is 0. The SMILES string of the molecule is CCOc1cc2c(cc1OCC)[C@H]1[C@@H](C(=O)NCCCN3CCCCCC3)c3ccccc3C(=O)N1CC2. The molecule has 1 saturated heterocycles. The van der Waals surface area contributed by atoms with Gasteiger partial charge in [0, 0.05) is 18.7 Å². The van der Waals surface area contributed by atoms with Crippen LogP contribution in [0, 0.1) is 0 Å². The van der Waals surface area contributed by atoms with Crippen molar-refractivity contribution in [2.75, 3.05) is 45.9 Å². The number of likely N-dealkylation sites (tertiary alicyclic amines) is 1. The molecule has 0 unspecified atom stereocenters. The molecule has 7 nitrogen and oxygen atoms in total.